The molecule has 3 rings (SSSR count). The number of hydrogen-bond donors (Lipinski definition) is 0. The van der Waals surface area contributed by atoms with Gasteiger partial charge in [0.2, 0.25) is 0 Å². The summed E-state index contributed by atoms with van der Waals surface area (Å²) in [5.74, 6) is 0.0986. The van der Waals surface area contributed by atoms with Crippen molar-refractivity contribution in [3.8, 4) is 0 Å². The lowest BCUT2D eigenvalue weighted by molar-refractivity contribution is -0.100. The lowest BCUT2D eigenvalue weighted by Gasteiger charge is -2.38. The first-order chi connectivity index (χ1) is 10.3. The van der Waals surface area contributed by atoms with Crippen molar-refractivity contribution in [1.82, 2.24) is 4.90 Å². The van der Waals surface area contributed by atoms with Gasteiger partial charge in [-0.15, -0.1) is 0 Å². The van der Waals surface area contributed by atoms with Gasteiger partial charge in [-0.2, -0.15) is 0 Å². The van der Waals surface area contributed by atoms with Crippen LogP contribution in [0.3, 0.4) is 0 Å². The fraction of sp³-hybridized carbons (Fsp3) is 0.588. The van der Waals surface area contributed by atoms with Gasteiger partial charge in [0.25, 0.3) is 5.91 Å². The van der Waals surface area contributed by atoms with Gasteiger partial charge in [0, 0.05) is 12.1 Å². The summed E-state index contributed by atoms with van der Waals surface area (Å²) in [5, 5.41) is 0. The fourth-order valence-electron chi connectivity index (χ4n) is 3.14. The summed E-state index contributed by atoms with van der Waals surface area (Å²) in [6.45, 7) is 4.18. The molecule has 1 amide bonds. The van der Waals surface area contributed by atoms with E-state index in [1.54, 1.807) is 0 Å². The van der Waals surface area contributed by atoms with Crippen molar-refractivity contribution in [1.29, 1.82) is 0 Å². The maximum Gasteiger partial charge on any atom is 0.254 e. The molecule has 0 saturated carbocycles. The molecule has 1 atom stereocenters. The van der Waals surface area contributed by atoms with Crippen LogP contribution >= 0.6 is 0 Å². The van der Waals surface area contributed by atoms with E-state index in [4.69, 9.17) is 9.47 Å². The van der Waals surface area contributed by atoms with E-state index in [2.05, 4.69) is 6.92 Å². The molecule has 1 aromatic rings. The molecule has 2 aliphatic rings. The van der Waals surface area contributed by atoms with E-state index in [0.29, 0.717) is 13.2 Å². The summed E-state index contributed by atoms with van der Waals surface area (Å²) in [4.78, 5) is 14.7. The molecule has 1 aromatic carbocycles. The van der Waals surface area contributed by atoms with Crippen molar-refractivity contribution in [3.05, 3.63) is 35.4 Å². The number of amides is 1. The van der Waals surface area contributed by atoms with Crippen LogP contribution in [0.25, 0.3) is 0 Å². The highest BCUT2D eigenvalue weighted by Crippen LogP contribution is 2.26. The Morgan fingerprint density at radius 1 is 1.19 bits per heavy atom. The predicted molar refractivity (Wildman–Crippen MR) is 80.2 cm³/mol. The average molecular weight is 289 g/mol. The quantitative estimate of drug-likeness (QED) is 0.858. The molecular weight excluding hydrogens is 266 g/mol. The van der Waals surface area contributed by atoms with Gasteiger partial charge in [-0.1, -0.05) is 19.1 Å². The first-order valence-electron chi connectivity index (χ1n) is 7.92. The van der Waals surface area contributed by atoms with E-state index in [0.717, 1.165) is 37.8 Å². The second kappa shape index (κ2) is 6.58. The van der Waals surface area contributed by atoms with Gasteiger partial charge in [0.05, 0.1) is 19.3 Å². The van der Waals surface area contributed by atoms with Crippen LogP contribution in [0.15, 0.2) is 24.3 Å². The van der Waals surface area contributed by atoms with E-state index in [1.165, 1.54) is 5.56 Å². The lowest BCUT2D eigenvalue weighted by atomic mass is 9.99. The zero-order chi connectivity index (χ0) is 14.7. The molecule has 2 saturated heterocycles. The van der Waals surface area contributed by atoms with E-state index < -0.39 is 0 Å². The molecule has 4 nitrogen and oxygen atoms in total. The molecule has 0 spiro atoms. The SMILES string of the molecule is CCc1ccc(C(=O)N2CCCC[C@@H]2C2OCCO2)cc1. The molecule has 0 aromatic heterocycles. The number of hydrogen-bond acceptors (Lipinski definition) is 3. The minimum atomic E-state index is -0.246. The van der Waals surface area contributed by atoms with Crippen LogP contribution in [0.1, 0.15) is 42.1 Å². The number of aryl methyl sites for hydroxylation is 1. The van der Waals surface area contributed by atoms with Gasteiger partial charge in [-0.25, -0.2) is 0 Å². The minimum absolute atomic E-state index is 0.0552. The van der Waals surface area contributed by atoms with Crippen molar-refractivity contribution in [3.63, 3.8) is 0 Å². The van der Waals surface area contributed by atoms with Gasteiger partial charge in [0.1, 0.15) is 0 Å². The summed E-state index contributed by atoms with van der Waals surface area (Å²) >= 11 is 0. The summed E-state index contributed by atoms with van der Waals surface area (Å²) in [6.07, 6.45) is 3.90. The number of carbonyl (C=O) groups excluding carboxylic acids is 1. The van der Waals surface area contributed by atoms with Crippen LogP contribution < -0.4 is 0 Å². The number of rotatable bonds is 3. The third-order valence-corrected chi connectivity index (χ3v) is 4.38. The Bertz CT molecular complexity index is 479. The van der Waals surface area contributed by atoms with Crippen LogP contribution in [-0.4, -0.2) is 42.9 Å². The van der Waals surface area contributed by atoms with E-state index in [9.17, 15) is 4.79 Å². The van der Waals surface area contributed by atoms with Gasteiger partial charge < -0.3 is 14.4 Å². The highest BCUT2D eigenvalue weighted by molar-refractivity contribution is 5.94. The van der Waals surface area contributed by atoms with Crippen LogP contribution in [-0.2, 0) is 15.9 Å². The van der Waals surface area contributed by atoms with Crippen molar-refractivity contribution < 1.29 is 14.3 Å². The minimum Gasteiger partial charge on any atom is -0.348 e. The largest absolute Gasteiger partial charge is 0.348 e. The van der Waals surface area contributed by atoms with E-state index in [-0.39, 0.29) is 18.2 Å². The van der Waals surface area contributed by atoms with Crippen LogP contribution in [0.5, 0.6) is 0 Å². The van der Waals surface area contributed by atoms with Gasteiger partial charge in [-0.3, -0.25) is 4.79 Å². The number of nitrogens with zero attached hydrogens (tertiary/aromatic N) is 1. The topological polar surface area (TPSA) is 38.8 Å². The number of benzene rings is 1. The Morgan fingerprint density at radius 2 is 1.90 bits per heavy atom. The van der Waals surface area contributed by atoms with Crippen molar-refractivity contribution >= 4 is 5.91 Å². The molecule has 4 heteroatoms. The summed E-state index contributed by atoms with van der Waals surface area (Å²) < 4.78 is 11.3. The van der Waals surface area contributed by atoms with Gasteiger partial charge >= 0.3 is 0 Å². The maximum atomic E-state index is 12.8. The lowest BCUT2D eigenvalue weighted by Crippen LogP contribution is -2.50. The zero-order valence-corrected chi connectivity index (χ0v) is 12.6. The molecule has 0 N–H and O–H groups in total. The Morgan fingerprint density at radius 3 is 2.57 bits per heavy atom. The molecule has 21 heavy (non-hydrogen) atoms. The summed E-state index contributed by atoms with van der Waals surface area (Å²) in [5.41, 5.74) is 2.02. The monoisotopic (exact) mass is 289 g/mol. The number of likely N-dealkylation sites (tertiary alicyclic amines) is 1. The smallest absolute Gasteiger partial charge is 0.254 e. The highest BCUT2D eigenvalue weighted by Gasteiger charge is 2.36. The second-order valence-corrected chi connectivity index (χ2v) is 5.72. The predicted octanol–water partition coefficient (Wildman–Crippen LogP) is 2.62. The third kappa shape index (κ3) is 3.11. The normalized spacial score (nSPS) is 23.5. The van der Waals surface area contributed by atoms with Crippen LogP contribution in [0, 0.1) is 0 Å². The Kier molecular flexibility index (Phi) is 4.56. The molecule has 0 radical (unpaired) electrons. The van der Waals surface area contributed by atoms with Crippen molar-refractivity contribution in [2.24, 2.45) is 0 Å². The highest BCUT2D eigenvalue weighted by atomic mass is 16.7. The van der Waals surface area contributed by atoms with Crippen molar-refractivity contribution in [2.75, 3.05) is 19.8 Å². The molecule has 2 aliphatic heterocycles. The second-order valence-electron chi connectivity index (χ2n) is 5.72. The van der Waals surface area contributed by atoms with Crippen LogP contribution in [0.4, 0.5) is 0 Å². The average Bonchev–Trinajstić information content (AvgIpc) is 3.08. The Hall–Kier alpha value is -1.39. The summed E-state index contributed by atoms with van der Waals surface area (Å²) in [6, 6.07) is 8.00. The fourth-order valence-corrected chi connectivity index (χ4v) is 3.14. The molecule has 0 unspecified atom stereocenters. The Labute approximate surface area is 126 Å². The molecular formula is C17H23NO3. The van der Waals surface area contributed by atoms with E-state index >= 15 is 0 Å². The first kappa shape index (κ1) is 14.5. The number of carbonyl (C=O) groups is 1. The van der Waals surface area contributed by atoms with Crippen molar-refractivity contribution in [2.45, 2.75) is 44.9 Å². The molecule has 0 bridgehead atoms. The summed E-state index contributed by atoms with van der Waals surface area (Å²) in [7, 11) is 0. The zero-order valence-electron chi connectivity index (χ0n) is 12.6. The van der Waals surface area contributed by atoms with Crippen LogP contribution in [0.2, 0.25) is 0 Å². The molecule has 2 heterocycles. The van der Waals surface area contributed by atoms with Gasteiger partial charge in [-0.05, 0) is 43.4 Å². The van der Waals surface area contributed by atoms with Gasteiger partial charge in [0.15, 0.2) is 6.29 Å². The Balaban J connectivity index is 1.76. The third-order valence-electron chi connectivity index (χ3n) is 4.38. The molecule has 2 fully saturated rings. The standard InChI is InChI=1S/C17H23NO3/c1-2-13-6-8-14(9-7-13)16(19)18-10-4-3-5-15(18)17-20-11-12-21-17/h6-9,15,17H,2-5,10-12H2,1H3/t15-/m1/s1. The number of ether oxygens (including phenoxy) is 2. The maximum absolute atomic E-state index is 12.8. The first-order valence-corrected chi connectivity index (χ1v) is 7.92. The molecule has 114 valence electrons. The number of piperidine rings is 1. The molecule has 0 aliphatic carbocycles. The van der Waals surface area contributed by atoms with E-state index in [1.807, 2.05) is 29.2 Å².